The van der Waals surface area contributed by atoms with Gasteiger partial charge in [-0.25, -0.2) is 0 Å². The van der Waals surface area contributed by atoms with Gasteiger partial charge in [-0.15, -0.1) is 0 Å². The fourth-order valence-electron chi connectivity index (χ4n) is 4.54. The summed E-state index contributed by atoms with van der Waals surface area (Å²) in [6.45, 7) is 6.75. The Morgan fingerprint density at radius 2 is 2.00 bits per heavy atom. The standard InChI is InChI=1S/C13H18O3/c1-7-8-4-9(12(7,2)3)13(5-8)6-10(14)16-11(13)15/h7-9H,4-6H2,1-3H3. The maximum atomic E-state index is 12.0. The maximum Gasteiger partial charge on any atom is 0.320 e. The molecule has 1 spiro atoms. The molecular weight excluding hydrogens is 204 g/mol. The molecule has 1 aliphatic heterocycles. The number of carbonyl (C=O) groups is 2. The first-order chi connectivity index (χ1) is 7.38. The Bertz CT molecular complexity index is 385. The van der Waals surface area contributed by atoms with E-state index in [4.69, 9.17) is 4.74 Å². The highest BCUT2D eigenvalue weighted by molar-refractivity contribution is 5.98. The van der Waals surface area contributed by atoms with Gasteiger partial charge in [0.1, 0.15) is 0 Å². The number of ether oxygens (including phenoxy) is 1. The van der Waals surface area contributed by atoms with E-state index in [0.717, 1.165) is 12.8 Å². The van der Waals surface area contributed by atoms with Crippen molar-refractivity contribution in [1.82, 2.24) is 0 Å². The van der Waals surface area contributed by atoms with Crippen LogP contribution in [0, 0.1) is 28.6 Å². The summed E-state index contributed by atoms with van der Waals surface area (Å²) in [5.74, 6) is 1.01. The average Bonchev–Trinajstić information content (AvgIpc) is 2.74. The SMILES string of the molecule is CC1C2CC(C3(CC(=O)OC3=O)C2)C1(C)C. The van der Waals surface area contributed by atoms with Crippen LogP contribution in [-0.4, -0.2) is 11.9 Å². The molecule has 3 aliphatic rings. The van der Waals surface area contributed by atoms with E-state index in [2.05, 4.69) is 20.8 Å². The molecule has 0 aromatic heterocycles. The Morgan fingerprint density at radius 1 is 1.31 bits per heavy atom. The van der Waals surface area contributed by atoms with Crippen molar-refractivity contribution < 1.29 is 14.3 Å². The summed E-state index contributed by atoms with van der Waals surface area (Å²) in [6, 6.07) is 0. The lowest BCUT2D eigenvalue weighted by Gasteiger charge is -2.44. The molecule has 3 nitrogen and oxygen atoms in total. The number of esters is 2. The number of hydrogen-bond donors (Lipinski definition) is 0. The molecule has 1 heterocycles. The highest BCUT2D eigenvalue weighted by Crippen LogP contribution is 2.68. The molecule has 16 heavy (non-hydrogen) atoms. The van der Waals surface area contributed by atoms with Crippen LogP contribution < -0.4 is 0 Å². The van der Waals surface area contributed by atoms with E-state index >= 15 is 0 Å². The molecule has 4 unspecified atom stereocenters. The van der Waals surface area contributed by atoms with E-state index in [1.165, 1.54) is 0 Å². The highest BCUT2D eigenvalue weighted by atomic mass is 16.6. The second-order valence-electron chi connectivity index (χ2n) is 6.46. The third kappa shape index (κ3) is 0.950. The second-order valence-corrected chi connectivity index (χ2v) is 6.46. The van der Waals surface area contributed by atoms with Crippen LogP contribution in [0.3, 0.4) is 0 Å². The Balaban J connectivity index is 2.03. The van der Waals surface area contributed by atoms with Crippen LogP contribution in [0.2, 0.25) is 0 Å². The number of carbonyl (C=O) groups excluding carboxylic acids is 2. The minimum atomic E-state index is -0.461. The normalized spacial score (nSPS) is 49.1. The molecule has 4 atom stereocenters. The minimum Gasteiger partial charge on any atom is -0.393 e. The summed E-state index contributed by atoms with van der Waals surface area (Å²) in [5, 5.41) is 0. The molecule has 2 saturated carbocycles. The monoisotopic (exact) mass is 222 g/mol. The van der Waals surface area contributed by atoms with Crippen LogP contribution >= 0.6 is 0 Å². The van der Waals surface area contributed by atoms with Gasteiger partial charge in [-0.05, 0) is 36.0 Å². The van der Waals surface area contributed by atoms with E-state index in [0.29, 0.717) is 24.2 Å². The molecule has 0 N–H and O–H groups in total. The van der Waals surface area contributed by atoms with Crippen molar-refractivity contribution in [2.45, 2.75) is 40.0 Å². The predicted octanol–water partition coefficient (Wildman–Crippen LogP) is 2.15. The second kappa shape index (κ2) is 2.69. The molecular formula is C13H18O3. The van der Waals surface area contributed by atoms with Gasteiger partial charge in [0.25, 0.3) is 0 Å². The molecule has 2 bridgehead atoms. The van der Waals surface area contributed by atoms with Crippen LogP contribution in [0.15, 0.2) is 0 Å². The zero-order chi connectivity index (χ0) is 11.7. The topological polar surface area (TPSA) is 43.4 Å². The summed E-state index contributed by atoms with van der Waals surface area (Å²) in [7, 11) is 0. The van der Waals surface area contributed by atoms with Gasteiger partial charge in [0.05, 0.1) is 11.8 Å². The number of rotatable bonds is 0. The van der Waals surface area contributed by atoms with Gasteiger partial charge in [0, 0.05) is 0 Å². The molecule has 2 aliphatic carbocycles. The molecule has 1 saturated heterocycles. The van der Waals surface area contributed by atoms with E-state index in [-0.39, 0.29) is 17.4 Å². The quantitative estimate of drug-likeness (QED) is 0.466. The maximum absolute atomic E-state index is 12.0. The number of cyclic esters (lactones) is 2. The molecule has 88 valence electrons. The van der Waals surface area contributed by atoms with Gasteiger partial charge >= 0.3 is 11.9 Å². The van der Waals surface area contributed by atoms with Crippen LogP contribution in [0.5, 0.6) is 0 Å². The van der Waals surface area contributed by atoms with Gasteiger partial charge in [0.2, 0.25) is 0 Å². The summed E-state index contributed by atoms with van der Waals surface area (Å²) in [6.07, 6.45) is 2.28. The fourth-order valence-corrected chi connectivity index (χ4v) is 4.54. The highest BCUT2D eigenvalue weighted by Gasteiger charge is 2.68. The first-order valence-corrected chi connectivity index (χ1v) is 6.13. The molecule has 0 amide bonds. The number of hydrogen-bond acceptors (Lipinski definition) is 3. The third-order valence-corrected chi connectivity index (χ3v) is 5.68. The fraction of sp³-hybridized carbons (Fsp3) is 0.846. The van der Waals surface area contributed by atoms with Crippen molar-refractivity contribution in [2.75, 3.05) is 0 Å². The molecule has 3 fully saturated rings. The van der Waals surface area contributed by atoms with E-state index in [1.54, 1.807) is 0 Å². The van der Waals surface area contributed by atoms with Gasteiger partial charge < -0.3 is 4.74 Å². The summed E-state index contributed by atoms with van der Waals surface area (Å²) in [5.41, 5.74) is -0.301. The molecule has 3 rings (SSSR count). The summed E-state index contributed by atoms with van der Waals surface area (Å²) < 4.78 is 4.80. The van der Waals surface area contributed by atoms with Crippen molar-refractivity contribution in [2.24, 2.45) is 28.6 Å². The first-order valence-electron chi connectivity index (χ1n) is 6.13. The zero-order valence-corrected chi connectivity index (χ0v) is 10.1. The van der Waals surface area contributed by atoms with Crippen molar-refractivity contribution >= 4 is 11.9 Å². The van der Waals surface area contributed by atoms with Crippen LogP contribution in [0.4, 0.5) is 0 Å². The van der Waals surface area contributed by atoms with Gasteiger partial charge in [-0.3, -0.25) is 9.59 Å². The largest absolute Gasteiger partial charge is 0.393 e. The van der Waals surface area contributed by atoms with Crippen LogP contribution in [-0.2, 0) is 14.3 Å². The predicted molar refractivity (Wildman–Crippen MR) is 57.3 cm³/mol. The van der Waals surface area contributed by atoms with Gasteiger partial charge in [0.15, 0.2) is 0 Å². The number of fused-ring (bicyclic) bond motifs is 3. The van der Waals surface area contributed by atoms with Crippen LogP contribution in [0.1, 0.15) is 40.0 Å². The Labute approximate surface area is 95.5 Å². The van der Waals surface area contributed by atoms with Crippen molar-refractivity contribution in [3.8, 4) is 0 Å². The minimum absolute atomic E-state index is 0.159. The Hall–Kier alpha value is -0.860. The van der Waals surface area contributed by atoms with Gasteiger partial charge in [-0.2, -0.15) is 0 Å². The Morgan fingerprint density at radius 3 is 2.44 bits per heavy atom. The lowest BCUT2D eigenvalue weighted by Crippen LogP contribution is -2.44. The lowest BCUT2D eigenvalue weighted by molar-refractivity contribution is -0.158. The smallest absolute Gasteiger partial charge is 0.320 e. The summed E-state index contributed by atoms with van der Waals surface area (Å²) in [4.78, 5) is 23.3. The molecule has 0 radical (unpaired) electrons. The molecule has 3 heteroatoms. The van der Waals surface area contributed by atoms with Crippen molar-refractivity contribution in [3.05, 3.63) is 0 Å². The van der Waals surface area contributed by atoms with E-state index in [9.17, 15) is 9.59 Å². The van der Waals surface area contributed by atoms with E-state index < -0.39 is 5.41 Å². The third-order valence-electron chi connectivity index (χ3n) is 5.68. The Kier molecular flexibility index (Phi) is 1.73. The summed E-state index contributed by atoms with van der Waals surface area (Å²) >= 11 is 0. The van der Waals surface area contributed by atoms with E-state index in [1.807, 2.05) is 0 Å². The zero-order valence-electron chi connectivity index (χ0n) is 10.1. The molecule has 0 aromatic rings. The first kappa shape index (κ1) is 10.3. The van der Waals surface area contributed by atoms with Crippen molar-refractivity contribution in [3.63, 3.8) is 0 Å². The van der Waals surface area contributed by atoms with Gasteiger partial charge in [-0.1, -0.05) is 20.8 Å². The molecule has 0 aromatic carbocycles. The lowest BCUT2D eigenvalue weighted by atomic mass is 9.58. The average molecular weight is 222 g/mol. The van der Waals surface area contributed by atoms with Crippen LogP contribution in [0.25, 0.3) is 0 Å². The van der Waals surface area contributed by atoms with Crippen molar-refractivity contribution in [1.29, 1.82) is 0 Å².